The maximum absolute atomic E-state index is 12.5. The molecule has 1 aromatic carbocycles. The summed E-state index contributed by atoms with van der Waals surface area (Å²) in [6.07, 6.45) is 3.31. The molecule has 0 radical (unpaired) electrons. The Morgan fingerprint density at radius 3 is 2.88 bits per heavy atom. The first-order chi connectivity index (χ1) is 12.5. The van der Waals surface area contributed by atoms with E-state index in [2.05, 4.69) is 30.2 Å². The molecule has 1 aliphatic heterocycles. The molecule has 5 heteroatoms. The number of nitrogens with one attached hydrogen (secondary N) is 1. The van der Waals surface area contributed by atoms with Crippen molar-refractivity contribution >= 4 is 22.6 Å². The van der Waals surface area contributed by atoms with Gasteiger partial charge in [-0.2, -0.15) is 5.10 Å². The van der Waals surface area contributed by atoms with Crippen LogP contribution in [0.1, 0.15) is 49.4 Å². The van der Waals surface area contributed by atoms with Crippen molar-refractivity contribution in [3.63, 3.8) is 0 Å². The van der Waals surface area contributed by atoms with Crippen LogP contribution < -0.4 is 5.32 Å². The number of amides is 1. The first kappa shape index (κ1) is 16.8. The van der Waals surface area contributed by atoms with E-state index >= 15 is 0 Å². The van der Waals surface area contributed by atoms with E-state index in [-0.39, 0.29) is 11.8 Å². The molecule has 1 amide bonds. The molecule has 0 unspecified atom stereocenters. The van der Waals surface area contributed by atoms with Crippen molar-refractivity contribution < 1.29 is 4.79 Å². The number of benzene rings is 1. The van der Waals surface area contributed by atoms with Crippen molar-refractivity contribution in [2.75, 3.05) is 5.32 Å². The van der Waals surface area contributed by atoms with Gasteiger partial charge < -0.3 is 5.32 Å². The van der Waals surface area contributed by atoms with Crippen LogP contribution in [0.15, 0.2) is 36.5 Å². The number of hydrogen-bond donors (Lipinski definition) is 1. The second kappa shape index (κ2) is 6.56. The molecule has 1 atom stereocenters. The number of anilines is 1. The second-order valence-electron chi connectivity index (χ2n) is 7.48. The van der Waals surface area contributed by atoms with Gasteiger partial charge in [0.1, 0.15) is 5.82 Å². The molecule has 134 valence electrons. The Morgan fingerprint density at radius 2 is 2.08 bits per heavy atom. The van der Waals surface area contributed by atoms with Gasteiger partial charge in [-0.05, 0) is 37.0 Å². The molecule has 0 saturated heterocycles. The van der Waals surface area contributed by atoms with Crippen molar-refractivity contribution in [1.82, 2.24) is 14.8 Å². The zero-order chi connectivity index (χ0) is 18.3. The number of para-hydroxylation sites is 1. The minimum absolute atomic E-state index is 0.0134. The van der Waals surface area contributed by atoms with Gasteiger partial charge in [0, 0.05) is 36.0 Å². The molecule has 0 fully saturated rings. The Hall–Kier alpha value is -2.69. The van der Waals surface area contributed by atoms with Crippen molar-refractivity contribution in [3.05, 3.63) is 53.3 Å². The summed E-state index contributed by atoms with van der Waals surface area (Å²) in [5.41, 5.74) is 4.25. The monoisotopic (exact) mass is 348 g/mol. The fourth-order valence-electron chi connectivity index (χ4n) is 3.84. The van der Waals surface area contributed by atoms with Gasteiger partial charge in [-0.15, -0.1) is 0 Å². The molecule has 0 bridgehead atoms. The summed E-state index contributed by atoms with van der Waals surface area (Å²) >= 11 is 0. The van der Waals surface area contributed by atoms with Gasteiger partial charge in [-0.25, -0.2) is 4.68 Å². The van der Waals surface area contributed by atoms with E-state index in [1.807, 2.05) is 42.1 Å². The molecule has 5 nitrogen and oxygen atoms in total. The van der Waals surface area contributed by atoms with Crippen molar-refractivity contribution in [2.24, 2.45) is 5.92 Å². The van der Waals surface area contributed by atoms with Gasteiger partial charge >= 0.3 is 0 Å². The van der Waals surface area contributed by atoms with Crippen LogP contribution in [-0.4, -0.2) is 20.7 Å². The molecule has 0 spiro atoms. The number of carbonyl (C=O) groups excluding carboxylic acids is 1. The zero-order valence-electron chi connectivity index (χ0n) is 15.5. The average molecular weight is 348 g/mol. The lowest BCUT2D eigenvalue weighted by Crippen LogP contribution is -2.25. The van der Waals surface area contributed by atoms with Crippen LogP contribution in [0.25, 0.3) is 10.9 Å². The molecule has 1 N–H and O–H groups in total. The minimum Gasteiger partial charge on any atom is -0.311 e. The lowest BCUT2D eigenvalue weighted by molar-refractivity contribution is -0.116. The number of fused-ring (bicyclic) bond motifs is 2. The molecule has 0 aliphatic carbocycles. The molecule has 3 heterocycles. The summed E-state index contributed by atoms with van der Waals surface area (Å²) in [7, 11) is 0. The van der Waals surface area contributed by atoms with E-state index in [1.54, 1.807) is 0 Å². The Labute approximate surface area is 153 Å². The third-order valence-electron chi connectivity index (χ3n) is 5.15. The third kappa shape index (κ3) is 2.87. The van der Waals surface area contributed by atoms with Gasteiger partial charge in [0.2, 0.25) is 5.91 Å². The highest BCUT2D eigenvalue weighted by Gasteiger charge is 2.33. The molecule has 26 heavy (non-hydrogen) atoms. The lowest BCUT2D eigenvalue weighted by Gasteiger charge is -2.25. The Kier molecular flexibility index (Phi) is 4.23. The minimum atomic E-state index is 0.0134. The fourth-order valence-corrected chi connectivity index (χ4v) is 3.84. The van der Waals surface area contributed by atoms with E-state index < -0.39 is 0 Å². The number of hydrogen-bond acceptors (Lipinski definition) is 3. The SMILES string of the molecule is Cc1nn(CCC(C)C)c2c1[C@@H](c1ccnc3ccccc13)CC(=O)N2. The number of nitrogens with zero attached hydrogens (tertiary/aromatic N) is 3. The number of rotatable bonds is 4. The van der Waals surface area contributed by atoms with Crippen molar-refractivity contribution in [2.45, 2.75) is 46.1 Å². The maximum Gasteiger partial charge on any atom is 0.226 e. The zero-order valence-corrected chi connectivity index (χ0v) is 15.5. The largest absolute Gasteiger partial charge is 0.311 e. The van der Waals surface area contributed by atoms with Crippen molar-refractivity contribution in [3.8, 4) is 0 Å². The fraction of sp³-hybridized carbons (Fsp3) is 0.381. The topological polar surface area (TPSA) is 59.8 Å². The summed E-state index contributed by atoms with van der Waals surface area (Å²) in [5.74, 6) is 1.52. The predicted octanol–water partition coefficient (Wildman–Crippen LogP) is 4.26. The third-order valence-corrected chi connectivity index (χ3v) is 5.15. The average Bonchev–Trinajstić information content (AvgIpc) is 2.94. The van der Waals surface area contributed by atoms with E-state index in [9.17, 15) is 4.79 Å². The second-order valence-corrected chi connectivity index (χ2v) is 7.48. The maximum atomic E-state index is 12.5. The summed E-state index contributed by atoms with van der Waals surface area (Å²) in [6.45, 7) is 7.26. The standard InChI is InChI=1S/C21H24N4O/c1-13(2)9-11-25-21-20(14(3)24-25)17(12-19(26)23-21)15-8-10-22-18-7-5-4-6-16(15)18/h4-8,10,13,17H,9,11-12H2,1-3H3,(H,23,26)/t17-/m1/s1. The molecular weight excluding hydrogens is 324 g/mol. The molecular formula is C21H24N4O. The lowest BCUT2D eigenvalue weighted by atomic mass is 9.84. The van der Waals surface area contributed by atoms with Crippen molar-refractivity contribution in [1.29, 1.82) is 0 Å². The van der Waals surface area contributed by atoms with Crippen LogP contribution in [0, 0.1) is 12.8 Å². The van der Waals surface area contributed by atoms with Crippen LogP contribution in [0.2, 0.25) is 0 Å². The van der Waals surface area contributed by atoms with Gasteiger partial charge in [0.15, 0.2) is 0 Å². The highest BCUT2D eigenvalue weighted by molar-refractivity contribution is 5.96. The first-order valence-electron chi connectivity index (χ1n) is 9.25. The van der Waals surface area contributed by atoms with Gasteiger partial charge in [-0.3, -0.25) is 9.78 Å². The normalized spacial score (nSPS) is 16.8. The van der Waals surface area contributed by atoms with Crippen LogP contribution in [0.5, 0.6) is 0 Å². The number of carbonyl (C=O) groups is 1. The van der Waals surface area contributed by atoms with E-state index in [0.717, 1.165) is 46.5 Å². The summed E-state index contributed by atoms with van der Waals surface area (Å²) in [5, 5.41) is 8.91. The summed E-state index contributed by atoms with van der Waals surface area (Å²) in [6, 6.07) is 10.2. The van der Waals surface area contributed by atoms with Crippen LogP contribution in [0.4, 0.5) is 5.82 Å². The Morgan fingerprint density at radius 1 is 1.27 bits per heavy atom. The predicted molar refractivity (Wildman–Crippen MR) is 103 cm³/mol. The molecule has 4 rings (SSSR count). The number of aromatic nitrogens is 3. The smallest absolute Gasteiger partial charge is 0.226 e. The van der Waals surface area contributed by atoms with Gasteiger partial charge in [0.05, 0.1) is 11.2 Å². The summed E-state index contributed by atoms with van der Waals surface area (Å²) in [4.78, 5) is 16.9. The quantitative estimate of drug-likeness (QED) is 0.766. The van der Waals surface area contributed by atoms with E-state index in [0.29, 0.717) is 12.3 Å². The number of aryl methyl sites for hydroxylation is 2. The van der Waals surface area contributed by atoms with Crippen LogP contribution in [0.3, 0.4) is 0 Å². The molecule has 1 aliphatic rings. The van der Waals surface area contributed by atoms with Gasteiger partial charge in [-0.1, -0.05) is 32.0 Å². The molecule has 0 saturated carbocycles. The highest BCUT2D eigenvalue weighted by Crippen LogP contribution is 2.41. The summed E-state index contributed by atoms with van der Waals surface area (Å²) < 4.78 is 1.97. The molecule has 2 aromatic heterocycles. The van der Waals surface area contributed by atoms with E-state index in [4.69, 9.17) is 5.10 Å². The van der Waals surface area contributed by atoms with Crippen LogP contribution >= 0.6 is 0 Å². The Bertz CT molecular complexity index is 968. The van der Waals surface area contributed by atoms with Gasteiger partial charge in [0.25, 0.3) is 0 Å². The van der Waals surface area contributed by atoms with E-state index in [1.165, 1.54) is 0 Å². The van der Waals surface area contributed by atoms with Crippen LogP contribution in [-0.2, 0) is 11.3 Å². The Balaban J connectivity index is 1.84. The highest BCUT2D eigenvalue weighted by atomic mass is 16.1. The number of pyridine rings is 1. The first-order valence-corrected chi connectivity index (χ1v) is 9.25. The molecule has 3 aromatic rings.